The van der Waals surface area contributed by atoms with Crippen molar-refractivity contribution < 1.29 is 9.53 Å². The van der Waals surface area contributed by atoms with Crippen molar-refractivity contribution in [1.82, 2.24) is 9.55 Å². The van der Waals surface area contributed by atoms with Crippen LogP contribution in [0.5, 0.6) is 5.75 Å². The van der Waals surface area contributed by atoms with Crippen LogP contribution in [0.3, 0.4) is 0 Å². The van der Waals surface area contributed by atoms with E-state index in [9.17, 15) is 14.4 Å². The van der Waals surface area contributed by atoms with Gasteiger partial charge in [0.2, 0.25) is 5.91 Å². The Balaban J connectivity index is 1.89. The summed E-state index contributed by atoms with van der Waals surface area (Å²) in [5, 5.41) is 2.69. The van der Waals surface area contributed by atoms with Gasteiger partial charge >= 0.3 is 11.1 Å². The average Bonchev–Trinajstić information content (AvgIpc) is 2.59. The van der Waals surface area contributed by atoms with Gasteiger partial charge in [0.25, 0.3) is 0 Å². The first-order valence-electron chi connectivity index (χ1n) is 7.24. The van der Waals surface area contributed by atoms with E-state index >= 15 is 0 Å². The van der Waals surface area contributed by atoms with Gasteiger partial charge in [0.15, 0.2) is 0 Å². The molecule has 0 unspecified atom stereocenters. The van der Waals surface area contributed by atoms with Crippen LogP contribution in [0.15, 0.2) is 58.1 Å². The second kappa shape index (κ2) is 6.41. The third-order valence-corrected chi connectivity index (χ3v) is 3.56. The number of nitrogens with one attached hydrogen (secondary N) is 2. The zero-order chi connectivity index (χ0) is 17.1. The number of amides is 1. The lowest BCUT2D eigenvalue weighted by Crippen LogP contribution is -2.38. The minimum absolute atomic E-state index is 0.255. The number of aromatic amines is 1. The first kappa shape index (κ1) is 15.5. The Morgan fingerprint density at radius 1 is 1.12 bits per heavy atom. The predicted molar refractivity (Wildman–Crippen MR) is 90.5 cm³/mol. The van der Waals surface area contributed by atoms with Crippen molar-refractivity contribution in [3.63, 3.8) is 0 Å². The van der Waals surface area contributed by atoms with E-state index in [0.717, 1.165) is 4.57 Å². The summed E-state index contributed by atoms with van der Waals surface area (Å²) in [5.74, 6) is 0.267. The number of ether oxygens (including phenoxy) is 1. The molecule has 0 atom stereocenters. The van der Waals surface area contributed by atoms with E-state index in [0.29, 0.717) is 22.5 Å². The third kappa shape index (κ3) is 3.05. The fourth-order valence-electron chi connectivity index (χ4n) is 2.40. The Morgan fingerprint density at radius 2 is 1.83 bits per heavy atom. The number of hydrogen-bond donors (Lipinski definition) is 2. The Kier molecular flexibility index (Phi) is 4.15. The Hall–Kier alpha value is -3.35. The quantitative estimate of drug-likeness (QED) is 0.708. The smallest absolute Gasteiger partial charge is 0.317 e. The molecule has 2 aromatic carbocycles. The van der Waals surface area contributed by atoms with Gasteiger partial charge in [0.05, 0.1) is 18.1 Å². The maximum atomic E-state index is 12.2. The third-order valence-electron chi connectivity index (χ3n) is 3.56. The molecule has 0 aliphatic rings. The van der Waals surface area contributed by atoms with Crippen LogP contribution in [0.25, 0.3) is 11.0 Å². The number of carbonyl (C=O) groups is 1. The van der Waals surface area contributed by atoms with Gasteiger partial charge in [-0.3, -0.25) is 19.0 Å². The molecule has 0 radical (unpaired) electrons. The molecule has 0 aliphatic carbocycles. The zero-order valence-electron chi connectivity index (χ0n) is 12.9. The monoisotopic (exact) mass is 325 g/mol. The summed E-state index contributed by atoms with van der Waals surface area (Å²) >= 11 is 0. The average molecular weight is 325 g/mol. The molecule has 3 rings (SSSR count). The number of benzene rings is 2. The molecule has 0 aliphatic heterocycles. The molecule has 1 amide bonds. The van der Waals surface area contributed by atoms with E-state index < -0.39 is 17.0 Å². The van der Waals surface area contributed by atoms with Crippen molar-refractivity contribution in [1.29, 1.82) is 0 Å². The van der Waals surface area contributed by atoms with Gasteiger partial charge < -0.3 is 15.0 Å². The van der Waals surface area contributed by atoms with E-state index in [1.807, 2.05) is 0 Å². The van der Waals surface area contributed by atoms with Gasteiger partial charge in [-0.1, -0.05) is 12.1 Å². The lowest BCUT2D eigenvalue weighted by Gasteiger charge is -2.10. The number of hydrogen-bond acceptors (Lipinski definition) is 4. The summed E-state index contributed by atoms with van der Waals surface area (Å²) < 4.78 is 6.21. The molecular weight excluding hydrogens is 310 g/mol. The number of aromatic nitrogens is 2. The summed E-state index contributed by atoms with van der Waals surface area (Å²) in [5.41, 5.74) is 0.0406. The molecule has 2 N–H and O–H groups in total. The highest BCUT2D eigenvalue weighted by Gasteiger charge is 2.11. The molecule has 24 heavy (non-hydrogen) atoms. The first-order valence-corrected chi connectivity index (χ1v) is 7.24. The summed E-state index contributed by atoms with van der Waals surface area (Å²) in [7, 11) is 1.55. The predicted octanol–water partition coefficient (Wildman–Crippen LogP) is 1.34. The Morgan fingerprint density at radius 3 is 2.54 bits per heavy atom. The molecule has 3 aromatic rings. The topological polar surface area (TPSA) is 93.2 Å². The normalized spacial score (nSPS) is 10.5. The van der Waals surface area contributed by atoms with Crippen molar-refractivity contribution in [2.75, 3.05) is 12.4 Å². The molecule has 0 bridgehead atoms. The van der Waals surface area contributed by atoms with Gasteiger partial charge in [-0.2, -0.15) is 0 Å². The lowest BCUT2D eigenvalue weighted by molar-refractivity contribution is -0.116. The van der Waals surface area contributed by atoms with Crippen LogP contribution in [-0.2, 0) is 11.3 Å². The van der Waals surface area contributed by atoms with E-state index in [1.54, 1.807) is 55.6 Å². The molecule has 0 fully saturated rings. The molecule has 1 aromatic heterocycles. The fourth-order valence-corrected chi connectivity index (χ4v) is 2.40. The van der Waals surface area contributed by atoms with Gasteiger partial charge in [0.1, 0.15) is 12.3 Å². The summed E-state index contributed by atoms with van der Waals surface area (Å²) in [4.78, 5) is 38.5. The van der Waals surface area contributed by atoms with E-state index in [4.69, 9.17) is 4.74 Å². The van der Waals surface area contributed by atoms with E-state index in [2.05, 4.69) is 10.3 Å². The van der Waals surface area contributed by atoms with Crippen LogP contribution in [0.4, 0.5) is 5.69 Å². The largest absolute Gasteiger partial charge is 0.497 e. The fraction of sp³-hybridized carbons (Fsp3) is 0.118. The second-order valence-electron chi connectivity index (χ2n) is 5.14. The van der Waals surface area contributed by atoms with Crippen LogP contribution in [0.2, 0.25) is 0 Å². The van der Waals surface area contributed by atoms with Crippen LogP contribution >= 0.6 is 0 Å². The molecular formula is C17H15N3O4. The van der Waals surface area contributed by atoms with Gasteiger partial charge in [0, 0.05) is 5.69 Å². The second-order valence-corrected chi connectivity index (χ2v) is 5.14. The number of H-pyrrole nitrogens is 1. The van der Waals surface area contributed by atoms with Gasteiger partial charge in [-0.25, -0.2) is 0 Å². The Labute approximate surface area is 136 Å². The highest BCUT2D eigenvalue weighted by Crippen LogP contribution is 2.15. The molecule has 7 nitrogen and oxygen atoms in total. The minimum atomic E-state index is -0.765. The number of carbonyl (C=O) groups excluding carboxylic acids is 1. The molecule has 122 valence electrons. The van der Waals surface area contributed by atoms with Crippen molar-refractivity contribution >= 4 is 22.6 Å². The highest BCUT2D eigenvalue weighted by atomic mass is 16.5. The standard InChI is InChI=1S/C17H15N3O4/c1-24-12-8-6-11(7-9-12)18-15(21)10-20-14-5-3-2-4-13(14)19-16(22)17(20)23/h2-9H,10H2,1H3,(H,18,21)(H,19,22). The molecule has 1 heterocycles. The van der Waals surface area contributed by atoms with Crippen molar-refractivity contribution in [2.45, 2.75) is 6.54 Å². The van der Waals surface area contributed by atoms with Gasteiger partial charge in [-0.15, -0.1) is 0 Å². The Bertz CT molecular complexity index is 1000. The number of fused-ring (bicyclic) bond motifs is 1. The first-order chi connectivity index (χ1) is 11.6. The van der Waals surface area contributed by atoms with Crippen LogP contribution in [0, 0.1) is 0 Å². The maximum absolute atomic E-state index is 12.2. The number of rotatable bonds is 4. The number of para-hydroxylation sites is 2. The van der Waals surface area contributed by atoms with Gasteiger partial charge in [-0.05, 0) is 36.4 Å². The number of anilines is 1. The molecule has 0 saturated carbocycles. The zero-order valence-corrected chi connectivity index (χ0v) is 12.9. The van der Waals surface area contributed by atoms with Crippen molar-refractivity contribution in [3.05, 3.63) is 69.2 Å². The molecule has 0 spiro atoms. The number of methoxy groups -OCH3 is 1. The maximum Gasteiger partial charge on any atom is 0.317 e. The highest BCUT2D eigenvalue weighted by molar-refractivity contribution is 5.91. The minimum Gasteiger partial charge on any atom is -0.497 e. The van der Waals surface area contributed by atoms with E-state index in [-0.39, 0.29) is 6.54 Å². The summed E-state index contributed by atoms with van der Waals surface area (Å²) in [6, 6.07) is 13.6. The van der Waals surface area contributed by atoms with Crippen molar-refractivity contribution in [2.24, 2.45) is 0 Å². The summed E-state index contributed by atoms with van der Waals surface area (Å²) in [6.07, 6.45) is 0. The lowest BCUT2D eigenvalue weighted by atomic mass is 10.3. The van der Waals surface area contributed by atoms with Crippen molar-refractivity contribution in [3.8, 4) is 5.75 Å². The SMILES string of the molecule is COc1ccc(NC(=O)Cn2c(=O)c(=O)[nH]c3ccccc32)cc1. The number of nitrogens with zero attached hydrogens (tertiary/aromatic N) is 1. The van der Waals surface area contributed by atoms with Crippen LogP contribution in [0.1, 0.15) is 0 Å². The molecule has 7 heteroatoms. The summed E-state index contributed by atoms with van der Waals surface area (Å²) in [6.45, 7) is -0.255. The molecule has 0 saturated heterocycles. The van der Waals surface area contributed by atoms with Crippen LogP contribution in [-0.4, -0.2) is 22.6 Å². The van der Waals surface area contributed by atoms with Crippen LogP contribution < -0.4 is 21.2 Å². The van der Waals surface area contributed by atoms with E-state index in [1.165, 1.54) is 0 Å².